The zero-order valence-electron chi connectivity index (χ0n) is 9.14. The van der Waals surface area contributed by atoms with E-state index >= 15 is 0 Å². The van der Waals surface area contributed by atoms with Crippen LogP contribution in [0.25, 0.3) is 0 Å². The van der Waals surface area contributed by atoms with Gasteiger partial charge in [0.25, 0.3) is 0 Å². The molecule has 0 radical (unpaired) electrons. The second kappa shape index (κ2) is 4.97. The zero-order valence-corrected chi connectivity index (χ0v) is 9.14. The SMILES string of the molecule is COCCOC1CCC(C)(C)CC1. The molecule has 1 saturated carbocycles. The minimum atomic E-state index is 0.489. The van der Waals surface area contributed by atoms with Gasteiger partial charge in [-0.25, -0.2) is 0 Å². The Morgan fingerprint density at radius 3 is 2.31 bits per heavy atom. The molecular weight excluding hydrogens is 164 g/mol. The van der Waals surface area contributed by atoms with Gasteiger partial charge in [0.2, 0.25) is 0 Å². The van der Waals surface area contributed by atoms with Gasteiger partial charge in [-0.2, -0.15) is 0 Å². The molecule has 1 fully saturated rings. The number of ether oxygens (including phenoxy) is 2. The van der Waals surface area contributed by atoms with Gasteiger partial charge >= 0.3 is 0 Å². The molecule has 0 bridgehead atoms. The Balaban J connectivity index is 2.11. The van der Waals surface area contributed by atoms with Gasteiger partial charge in [0.15, 0.2) is 0 Å². The minimum Gasteiger partial charge on any atom is -0.382 e. The van der Waals surface area contributed by atoms with E-state index in [9.17, 15) is 0 Å². The van der Waals surface area contributed by atoms with Crippen molar-refractivity contribution in [3.05, 3.63) is 0 Å². The molecule has 1 aliphatic carbocycles. The van der Waals surface area contributed by atoms with E-state index in [0.29, 0.717) is 11.5 Å². The van der Waals surface area contributed by atoms with Crippen molar-refractivity contribution >= 4 is 0 Å². The number of methoxy groups -OCH3 is 1. The Kier molecular flexibility index (Phi) is 4.20. The van der Waals surface area contributed by atoms with Gasteiger partial charge in [-0.1, -0.05) is 13.8 Å². The molecule has 2 nitrogen and oxygen atoms in total. The third-order valence-corrected chi connectivity index (χ3v) is 2.93. The first-order chi connectivity index (χ1) is 6.14. The first-order valence-corrected chi connectivity index (χ1v) is 5.24. The maximum Gasteiger partial charge on any atom is 0.0704 e. The summed E-state index contributed by atoms with van der Waals surface area (Å²) in [5, 5.41) is 0. The van der Waals surface area contributed by atoms with E-state index in [1.165, 1.54) is 25.7 Å². The molecule has 2 heteroatoms. The molecule has 0 N–H and O–H groups in total. The summed E-state index contributed by atoms with van der Waals surface area (Å²) in [4.78, 5) is 0. The van der Waals surface area contributed by atoms with Crippen LogP contribution in [0.2, 0.25) is 0 Å². The number of hydrogen-bond acceptors (Lipinski definition) is 2. The van der Waals surface area contributed by atoms with E-state index in [2.05, 4.69) is 13.8 Å². The van der Waals surface area contributed by atoms with Gasteiger partial charge in [0.1, 0.15) is 0 Å². The molecule has 0 heterocycles. The average Bonchev–Trinajstić information content (AvgIpc) is 2.08. The van der Waals surface area contributed by atoms with Crippen LogP contribution in [0.4, 0.5) is 0 Å². The fourth-order valence-electron chi connectivity index (χ4n) is 1.84. The molecule has 13 heavy (non-hydrogen) atoms. The monoisotopic (exact) mass is 186 g/mol. The maximum absolute atomic E-state index is 5.69. The van der Waals surface area contributed by atoms with Crippen LogP contribution in [-0.2, 0) is 9.47 Å². The molecule has 78 valence electrons. The molecule has 0 amide bonds. The highest BCUT2D eigenvalue weighted by Crippen LogP contribution is 2.35. The van der Waals surface area contributed by atoms with Crippen LogP contribution in [0.1, 0.15) is 39.5 Å². The second-order valence-electron chi connectivity index (χ2n) is 4.73. The van der Waals surface area contributed by atoms with Crippen molar-refractivity contribution in [1.82, 2.24) is 0 Å². The predicted molar refractivity (Wildman–Crippen MR) is 53.9 cm³/mol. The molecule has 0 saturated heterocycles. The van der Waals surface area contributed by atoms with Crippen LogP contribution in [0.15, 0.2) is 0 Å². The zero-order chi connectivity index (χ0) is 9.73. The quantitative estimate of drug-likeness (QED) is 0.628. The van der Waals surface area contributed by atoms with E-state index in [-0.39, 0.29) is 0 Å². The molecule has 1 rings (SSSR count). The van der Waals surface area contributed by atoms with Crippen molar-refractivity contribution < 1.29 is 9.47 Å². The summed E-state index contributed by atoms with van der Waals surface area (Å²) in [5.74, 6) is 0. The highest BCUT2D eigenvalue weighted by atomic mass is 16.5. The summed E-state index contributed by atoms with van der Waals surface area (Å²) in [6.07, 6.45) is 5.52. The Morgan fingerprint density at radius 1 is 1.15 bits per heavy atom. The lowest BCUT2D eigenvalue weighted by atomic mass is 9.76. The minimum absolute atomic E-state index is 0.489. The Bertz CT molecular complexity index is 133. The maximum atomic E-state index is 5.69. The molecule has 0 aromatic carbocycles. The summed E-state index contributed by atoms with van der Waals surface area (Å²) in [6.45, 7) is 6.16. The molecule has 1 aliphatic rings. The van der Waals surface area contributed by atoms with Gasteiger partial charge in [-0.15, -0.1) is 0 Å². The normalized spacial score (nSPS) is 23.3. The summed E-state index contributed by atoms with van der Waals surface area (Å²) < 4.78 is 10.6. The standard InChI is InChI=1S/C11H22O2/c1-11(2)6-4-10(5-7-11)13-9-8-12-3/h10H,4-9H2,1-3H3. The van der Waals surface area contributed by atoms with Crippen LogP contribution < -0.4 is 0 Å². The molecule has 0 aliphatic heterocycles. The third-order valence-electron chi connectivity index (χ3n) is 2.93. The van der Waals surface area contributed by atoms with Gasteiger partial charge in [0.05, 0.1) is 19.3 Å². The van der Waals surface area contributed by atoms with Crippen LogP contribution in [0.5, 0.6) is 0 Å². The smallest absolute Gasteiger partial charge is 0.0704 e. The van der Waals surface area contributed by atoms with Crippen molar-refractivity contribution in [1.29, 1.82) is 0 Å². The van der Waals surface area contributed by atoms with E-state index in [0.717, 1.165) is 13.2 Å². The second-order valence-corrected chi connectivity index (χ2v) is 4.73. The molecule has 0 unspecified atom stereocenters. The Labute approximate surface area is 81.6 Å². The molecule has 0 aromatic rings. The van der Waals surface area contributed by atoms with E-state index in [1.54, 1.807) is 7.11 Å². The third kappa shape index (κ3) is 4.10. The van der Waals surface area contributed by atoms with Gasteiger partial charge < -0.3 is 9.47 Å². The Morgan fingerprint density at radius 2 is 1.77 bits per heavy atom. The predicted octanol–water partition coefficient (Wildman–Crippen LogP) is 2.62. The summed E-state index contributed by atoms with van der Waals surface area (Å²) >= 11 is 0. The fourth-order valence-corrected chi connectivity index (χ4v) is 1.84. The molecular formula is C11H22O2. The first-order valence-electron chi connectivity index (χ1n) is 5.24. The van der Waals surface area contributed by atoms with Crippen molar-refractivity contribution in [2.24, 2.45) is 5.41 Å². The fraction of sp³-hybridized carbons (Fsp3) is 1.00. The van der Waals surface area contributed by atoms with Crippen molar-refractivity contribution in [3.8, 4) is 0 Å². The highest BCUT2D eigenvalue weighted by molar-refractivity contribution is 4.78. The molecule has 0 spiro atoms. The average molecular weight is 186 g/mol. The Hall–Kier alpha value is -0.0800. The lowest BCUT2D eigenvalue weighted by Crippen LogP contribution is -2.27. The number of hydrogen-bond donors (Lipinski definition) is 0. The van der Waals surface area contributed by atoms with Gasteiger partial charge in [-0.3, -0.25) is 0 Å². The first kappa shape index (κ1) is 11.0. The van der Waals surface area contributed by atoms with Crippen LogP contribution in [0.3, 0.4) is 0 Å². The van der Waals surface area contributed by atoms with E-state index in [4.69, 9.17) is 9.47 Å². The topological polar surface area (TPSA) is 18.5 Å². The summed E-state index contributed by atoms with van der Waals surface area (Å²) in [6, 6.07) is 0. The van der Waals surface area contributed by atoms with Gasteiger partial charge in [-0.05, 0) is 31.1 Å². The van der Waals surface area contributed by atoms with E-state index < -0.39 is 0 Å². The van der Waals surface area contributed by atoms with Crippen molar-refractivity contribution in [3.63, 3.8) is 0 Å². The van der Waals surface area contributed by atoms with Gasteiger partial charge in [0, 0.05) is 7.11 Å². The molecule has 0 aromatic heterocycles. The largest absolute Gasteiger partial charge is 0.382 e. The molecule has 0 atom stereocenters. The van der Waals surface area contributed by atoms with E-state index in [1.807, 2.05) is 0 Å². The van der Waals surface area contributed by atoms with Crippen molar-refractivity contribution in [2.75, 3.05) is 20.3 Å². The van der Waals surface area contributed by atoms with Crippen LogP contribution in [0, 0.1) is 5.41 Å². The summed E-state index contributed by atoms with van der Waals surface area (Å²) in [7, 11) is 1.72. The van der Waals surface area contributed by atoms with Crippen LogP contribution >= 0.6 is 0 Å². The lowest BCUT2D eigenvalue weighted by Gasteiger charge is -2.34. The number of rotatable bonds is 4. The lowest BCUT2D eigenvalue weighted by molar-refractivity contribution is -0.0173. The highest BCUT2D eigenvalue weighted by Gasteiger charge is 2.26. The summed E-state index contributed by atoms with van der Waals surface area (Å²) in [5.41, 5.74) is 0.543. The van der Waals surface area contributed by atoms with Crippen LogP contribution in [-0.4, -0.2) is 26.4 Å². The van der Waals surface area contributed by atoms with Crippen molar-refractivity contribution in [2.45, 2.75) is 45.6 Å².